The summed E-state index contributed by atoms with van der Waals surface area (Å²) in [5.41, 5.74) is 3.60. The van der Waals surface area contributed by atoms with E-state index in [2.05, 4.69) is 10.4 Å². The Morgan fingerprint density at radius 3 is 3.00 bits per heavy atom. The molecule has 1 aromatic rings. The third kappa shape index (κ3) is 2.25. The molecule has 5 heteroatoms. The van der Waals surface area contributed by atoms with Gasteiger partial charge in [0.05, 0.1) is 23.4 Å². The van der Waals surface area contributed by atoms with Gasteiger partial charge < -0.3 is 4.74 Å². The minimum absolute atomic E-state index is 0.0000463. The van der Waals surface area contributed by atoms with Crippen molar-refractivity contribution < 1.29 is 4.74 Å². The Morgan fingerprint density at radius 2 is 2.58 bits per heavy atom. The molecular weight excluding hydrogens is 174 g/mol. The van der Waals surface area contributed by atoms with Crippen LogP contribution in [0.3, 0.4) is 0 Å². The summed E-state index contributed by atoms with van der Waals surface area (Å²) in [6.45, 7) is 2.51. The number of thiazole rings is 1. The first-order valence-corrected chi connectivity index (χ1v) is 4.53. The van der Waals surface area contributed by atoms with Crippen molar-refractivity contribution in [3.63, 3.8) is 0 Å². The molecule has 0 fully saturated rings. The number of nitrogens with one attached hydrogen (secondary N) is 1. The van der Waals surface area contributed by atoms with Crippen molar-refractivity contribution in [3.05, 3.63) is 16.1 Å². The lowest BCUT2D eigenvalue weighted by molar-refractivity contribution is 0.166. The molecule has 0 radical (unpaired) electrons. The van der Waals surface area contributed by atoms with Crippen LogP contribution >= 0.6 is 11.3 Å². The highest BCUT2D eigenvalue weighted by atomic mass is 32.1. The molecule has 1 aromatic heterocycles. The van der Waals surface area contributed by atoms with Crippen LogP contribution in [0.15, 0.2) is 5.38 Å². The van der Waals surface area contributed by atoms with Gasteiger partial charge in [0.2, 0.25) is 0 Å². The fraction of sp³-hybridized carbons (Fsp3) is 0.571. The molecular formula is C7H13N3OS. The SMILES string of the molecule is COCC(NN)c1csc(C)n1. The fourth-order valence-electron chi connectivity index (χ4n) is 0.926. The van der Waals surface area contributed by atoms with Crippen LogP contribution in [0.1, 0.15) is 16.7 Å². The van der Waals surface area contributed by atoms with Crippen molar-refractivity contribution in [1.82, 2.24) is 10.4 Å². The van der Waals surface area contributed by atoms with E-state index in [4.69, 9.17) is 10.6 Å². The average Bonchev–Trinajstić information content (AvgIpc) is 2.47. The molecule has 68 valence electrons. The number of hydrogen-bond acceptors (Lipinski definition) is 5. The molecule has 0 aliphatic rings. The minimum atomic E-state index is -0.0000463. The van der Waals surface area contributed by atoms with Gasteiger partial charge in [0.1, 0.15) is 0 Å². The maximum atomic E-state index is 5.33. The lowest BCUT2D eigenvalue weighted by Gasteiger charge is -2.11. The molecule has 1 atom stereocenters. The third-order valence-electron chi connectivity index (χ3n) is 1.53. The lowest BCUT2D eigenvalue weighted by Crippen LogP contribution is -2.31. The van der Waals surface area contributed by atoms with Gasteiger partial charge in [0.15, 0.2) is 0 Å². The Hall–Kier alpha value is -0.490. The van der Waals surface area contributed by atoms with Crippen molar-refractivity contribution in [3.8, 4) is 0 Å². The zero-order valence-corrected chi connectivity index (χ0v) is 8.02. The van der Waals surface area contributed by atoms with Crippen molar-refractivity contribution in [2.75, 3.05) is 13.7 Å². The molecule has 1 unspecified atom stereocenters. The molecule has 4 nitrogen and oxygen atoms in total. The van der Waals surface area contributed by atoms with Crippen molar-refractivity contribution in [2.24, 2.45) is 5.84 Å². The van der Waals surface area contributed by atoms with Crippen LogP contribution in [-0.4, -0.2) is 18.7 Å². The molecule has 3 N–H and O–H groups in total. The standard InChI is InChI=1S/C7H13N3OS/c1-5-9-7(4-12-5)6(10-8)3-11-2/h4,6,10H,3,8H2,1-2H3. The first-order chi connectivity index (χ1) is 5.77. The molecule has 0 aliphatic heterocycles. The molecule has 12 heavy (non-hydrogen) atoms. The molecule has 0 bridgehead atoms. The first kappa shape index (κ1) is 9.60. The highest BCUT2D eigenvalue weighted by molar-refractivity contribution is 7.09. The number of nitrogens with two attached hydrogens (primary N) is 1. The summed E-state index contributed by atoms with van der Waals surface area (Å²) in [5, 5.41) is 3.03. The van der Waals surface area contributed by atoms with Gasteiger partial charge in [0.25, 0.3) is 0 Å². The number of aryl methyl sites for hydroxylation is 1. The van der Waals surface area contributed by atoms with Crippen LogP contribution in [0.25, 0.3) is 0 Å². The number of methoxy groups -OCH3 is 1. The third-order valence-corrected chi connectivity index (χ3v) is 2.32. The fourth-order valence-corrected chi connectivity index (χ4v) is 1.59. The number of hydrazine groups is 1. The van der Waals surface area contributed by atoms with Crippen LogP contribution < -0.4 is 11.3 Å². The second-order valence-corrected chi connectivity index (χ2v) is 3.53. The molecule has 0 spiro atoms. The summed E-state index contributed by atoms with van der Waals surface area (Å²) >= 11 is 1.61. The van der Waals surface area contributed by atoms with E-state index in [0.29, 0.717) is 6.61 Å². The highest BCUT2D eigenvalue weighted by Crippen LogP contribution is 2.15. The lowest BCUT2D eigenvalue weighted by atomic mass is 10.2. The average molecular weight is 187 g/mol. The Morgan fingerprint density at radius 1 is 1.83 bits per heavy atom. The predicted octanol–water partition coefficient (Wildman–Crippen LogP) is 0.602. The zero-order chi connectivity index (χ0) is 8.97. The van der Waals surface area contributed by atoms with E-state index in [0.717, 1.165) is 10.7 Å². The number of nitrogens with zero attached hydrogens (tertiary/aromatic N) is 1. The van der Waals surface area contributed by atoms with Gasteiger partial charge in [-0.25, -0.2) is 10.4 Å². The van der Waals surface area contributed by atoms with E-state index in [1.165, 1.54) is 0 Å². The quantitative estimate of drug-likeness (QED) is 0.535. The summed E-state index contributed by atoms with van der Waals surface area (Å²) in [6.07, 6.45) is 0. The van der Waals surface area contributed by atoms with E-state index in [1.807, 2.05) is 12.3 Å². The summed E-state index contributed by atoms with van der Waals surface area (Å²) in [7, 11) is 1.64. The molecule has 1 rings (SSSR count). The summed E-state index contributed by atoms with van der Waals surface area (Å²) in [5.74, 6) is 5.33. The van der Waals surface area contributed by atoms with Gasteiger partial charge >= 0.3 is 0 Å². The Kier molecular flexibility index (Phi) is 3.61. The number of hydrogen-bond donors (Lipinski definition) is 2. The van der Waals surface area contributed by atoms with Gasteiger partial charge in [-0.2, -0.15) is 0 Å². The second kappa shape index (κ2) is 4.51. The number of ether oxygens (including phenoxy) is 1. The highest BCUT2D eigenvalue weighted by Gasteiger charge is 2.11. The first-order valence-electron chi connectivity index (χ1n) is 3.65. The van der Waals surface area contributed by atoms with Crippen LogP contribution in [0.5, 0.6) is 0 Å². The molecule has 0 aromatic carbocycles. The summed E-state index contributed by atoms with van der Waals surface area (Å²) < 4.78 is 4.98. The molecule has 0 saturated heterocycles. The molecule has 0 amide bonds. The molecule has 0 saturated carbocycles. The second-order valence-electron chi connectivity index (χ2n) is 2.47. The monoisotopic (exact) mass is 187 g/mol. The summed E-state index contributed by atoms with van der Waals surface area (Å²) in [6, 6.07) is -0.0000463. The van der Waals surface area contributed by atoms with Crippen molar-refractivity contribution >= 4 is 11.3 Å². The van der Waals surface area contributed by atoms with Crippen LogP contribution in [-0.2, 0) is 4.74 Å². The summed E-state index contributed by atoms with van der Waals surface area (Å²) in [4.78, 5) is 4.30. The Balaban J connectivity index is 2.66. The number of rotatable bonds is 4. The van der Waals surface area contributed by atoms with Gasteiger partial charge in [0, 0.05) is 12.5 Å². The molecule has 0 aliphatic carbocycles. The van der Waals surface area contributed by atoms with Gasteiger partial charge in [-0.15, -0.1) is 11.3 Å². The van der Waals surface area contributed by atoms with Crippen LogP contribution in [0.2, 0.25) is 0 Å². The topological polar surface area (TPSA) is 60.2 Å². The zero-order valence-electron chi connectivity index (χ0n) is 7.20. The minimum Gasteiger partial charge on any atom is -0.383 e. The Labute approximate surface area is 75.7 Å². The maximum Gasteiger partial charge on any atom is 0.0898 e. The van der Waals surface area contributed by atoms with E-state index in [1.54, 1.807) is 18.4 Å². The largest absolute Gasteiger partial charge is 0.383 e. The Bertz CT molecular complexity index is 238. The predicted molar refractivity (Wildman–Crippen MR) is 48.8 cm³/mol. The van der Waals surface area contributed by atoms with Crippen LogP contribution in [0.4, 0.5) is 0 Å². The van der Waals surface area contributed by atoms with E-state index in [9.17, 15) is 0 Å². The van der Waals surface area contributed by atoms with Gasteiger partial charge in [-0.1, -0.05) is 0 Å². The molecule has 1 heterocycles. The van der Waals surface area contributed by atoms with Gasteiger partial charge in [-0.05, 0) is 6.92 Å². The number of aromatic nitrogens is 1. The van der Waals surface area contributed by atoms with Gasteiger partial charge in [-0.3, -0.25) is 5.84 Å². The maximum absolute atomic E-state index is 5.33. The smallest absolute Gasteiger partial charge is 0.0898 e. The van der Waals surface area contributed by atoms with Crippen molar-refractivity contribution in [2.45, 2.75) is 13.0 Å². The van der Waals surface area contributed by atoms with E-state index in [-0.39, 0.29) is 6.04 Å². The van der Waals surface area contributed by atoms with E-state index >= 15 is 0 Å². The van der Waals surface area contributed by atoms with Crippen molar-refractivity contribution in [1.29, 1.82) is 0 Å². The van der Waals surface area contributed by atoms with Crippen LogP contribution in [0, 0.1) is 6.92 Å². The normalized spacial score (nSPS) is 13.2. The van der Waals surface area contributed by atoms with E-state index < -0.39 is 0 Å².